The number of carboxylic acid groups (broad SMARTS) is 1. The third kappa shape index (κ3) is 5.65. The number of carbonyl (C=O) groups is 2. The van der Waals surface area contributed by atoms with E-state index >= 15 is 0 Å². The zero-order chi connectivity index (χ0) is 23.2. The van der Waals surface area contributed by atoms with Gasteiger partial charge in [-0.05, 0) is 56.4 Å². The number of pyridine rings is 1. The Bertz CT molecular complexity index is 914. The van der Waals surface area contributed by atoms with E-state index in [4.69, 9.17) is 4.74 Å². The second-order valence-electron chi connectivity index (χ2n) is 8.61. The van der Waals surface area contributed by atoms with E-state index < -0.39 is 12.0 Å². The van der Waals surface area contributed by atoms with E-state index in [1.54, 1.807) is 23.2 Å². The Hall–Kier alpha value is -3.07. The Morgan fingerprint density at radius 2 is 2.21 bits per heavy atom. The molecule has 178 valence electrons. The number of carboxylic acids is 1. The van der Waals surface area contributed by atoms with Gasteiger partial charge in [-0.3, -0.25) is 10.1 Å². The van der Waals surface area contributed by atoms with Gasteiger partial charge in [-0.15, -0.1) is 0 Å². The van der Waals surface area contributed by atoms with Crippen molar-refractivity contribution in [2.75, 3.05) is 32.8 Å². The zero-order valence-electron chi connectivity index (χ0n) is 19.1. The van der Waals surface area contributed by atoms with Gasteiger partial charge in [0.1, 0.15) is 0 Å². The molecule has 3 aliphatic rings. The van der Waals surface area contributed by atoms with Crippen LogP contribution in [0.15, 0.2) is 41.8 Å². The van der Waals surface area contributed by atoms with Crippen LogP contribution in [0.25, 0.3) is 0 Å². The lowest BCUT2D eigenvalue weighted by atomic mass is 9.99. The van der Waals surface area contributed by atoms with Gasteiger partial charge in [-0.25, -0.2) is 9.78 Å². The number of nitrogens with zero attached hydrogens (tertiary/aromatic N) is 3. The smallest absolute Gasteiger partial charge is 0.320 e. The molecule has 0 aliphatic carbocycles. The molecular formula is C24H33N5O4. The number of piperidine rings is 1. The highest BCUT2D eigenvalue weighted by atomic mass is 16.5. The summed E-state index contributed by atoms with van der Waals surface area (Å²) in [6.45, 7) is 5.16. The Balaban J connectivity index is 1.33. The predicted octanol–water partition coefficient (Wildman–Crippen LogP) is 2.64. The lowest BCUT2D eigenvalue weighted by molar-refractivity contribution is -0.138. The van der Waals surface area contributed by atoms with Crippen molar-refractivity contribution in [3.05, 3.63) is 47.3 Å². The molecule has 4 heterocycles. The maximum atomic E-state index is 13.1. The van der Waals surface area contributed by atoms with E-state index in [1.165, 1.54) is 17.7 Å². The van der Waals surface area contributed by atoms with Crippen molar-refractivity contribution >= 4 is 12.0 Å². The van der Waals surface area contributed by atoms with Crippen LogP contribution >= 0.6 is 0 Å². The number of ether oxygens (including phenoxy) is 1. The highest BCUT2D eigenvalue weighted by molar-refractivity contribution is 5.78. The number of rotatable bonds is 10. The number of dihydropyridines is 1. The maximum Gasteiger partial charge on any atom is 0.320 e. The summed E-state index contributed by atoms with van der Waals surface area (Å²) in [7, 11) is 0. The van der Waals surface area contributed by atoms with Gasteiger partial charge in [0.15, 0.2) is 0 Å². The van der Waals surface area contributed by atoms with Crippen LogP contribution in [0.2, 0.25) is 0 Å². The molecule has 33 heavy (non-hydrogen) atoms. The van der Waals surface area contributed by atoms with E-state index in [-0.39, 0.29) is 18.6 Å². The fourth-order valence-electron chi connectivity index (χ4n) is 4.69. The molecule has 2 fully saturated rings. The molecule has 1 aromatic heterocycles. The van der Waals surface area contributed by atoms with Crippen LogP contribution in [0.4, 0.5) is 4.79 Å². The maximum absolute atomic E-state index is 13.1. The Morgan fingerprint density at radius 3 is 2.97 bits per heavy atom. The fraction of sp³-hybridized carbons (Fsp3) is 0.542. The number of hydrogen-bond donors (Lipinski definition) is 3. The average Bonchev–Trinajstić information content (AvgIpc) is 3.18. The van der Waals surface area contributed by atoms with Crippen molar-refractivity contribution in [1.82, 2.24) is 25.4 Å². The lowest BCUT2D eigenvalue weighted by Crippen LogP contribution is -2.47. The van der Waals surface area contributed by atoms with Crippen LogP contribution in [-0.2, 0) is 4.79 Å². The van der Waals surface area contributed by atoms with Gasteiger partial charge in [0.25, 0.3) is 0 Å². The number of aliphatic carboxylic acids is 1. The molecule has 0 saturated carbocycles. The first-order valence-corrected chi connectivity index (χ1v) is 11.8. The third-order valence-electron chi connectivity index (χ3n) is 6.37. The quantitative estimate of drug-likeness (QED) is 0.498. The van der Waals surface area contributed by atoms with Crippen LogP contribution in [0.5, 0.6) is 5.88 Å². The standard InChI is InChI=1S/C24H33N5O4/c1-2-33-21-10-8-18(16-26-21)20(15-22(30)31)29-14-13-28(24(29)32)12-4-6-19-9-7-17-5-3-11-25-23(17)27-19/h7-10,16,20,23,25,27H,2-6,11-15H2,1H3,(H,30,31). The Morgan fingerprint density at radius 1 is 1.33 bits per heavy atom. The number of allylic oxidation sites excluding steroid dienone is 3. The van der Waals surface area contributed by atoms with Gasteiger partial charge < -0.3 is 25.0 Å². The second-order valence-corrected chi connectivity index (χ2v) is 8.61. The van der Waals surface area contributed by atoms with Crippen molar-refractivity contribution in [3.63, 3.8) is 0 Å². The van der Waals surface area contributed by atoms with Gasteiger partial charge in [-0.1, -0.05) is 12.1 Å². The molecule has 2 atom stereocenters. The highest BCUT2D eigenvalue weighted by Gasteiger charge is 2.35. The number of fused-ring (bicyclic) bond motifs is 1. The summed E-state index contributed by atoms with van der Waals surface area (Å²) in [6.07, 6.45) is 10.1. The van der Waals surface area contributed by atoms with Gasteiger partial charge in [-0.2, -0.15) is 0 Å². The minimum absolute atomic E-state index is 0.114. The number of aromatic nitrogens is 1. The molecule has 2 saturated heterocycles. The summed E-state index contributed by atoms with van der Waals surface area (Å²) in [5.74, 6) is -0.458. The molecule has 9 heteroatoms. The highest BCUT2D eigenvalue weighted by Crippen LogP contribution is 2.29. The SMILES string of the molecule is CCOc1ccc(C(CC(=O)O)N2CCN(CCCC3=CC=C4CCCNC4N3)C2=O)cn1. The number of hydrogen-bond acceptors (Lipinski definition) is 6. The molecule has 4 rings (SSSR count). The summed E-state index contributed by atoms with van der Waals surface area (Å²) in [5, 5.41) is 16.5. The zero-order valence-corrected chi connectivity index (χ0v) is 19.1. The molecule has 0 spiro atoms. The van der Waals surface area contributed by atoms with Crippen molar-refractivity contribution in [2.24, 2.45) is 0 Å². The molecule has 0 radical (unpaired) electrons. The van der Waals surface area contributed by atoms with E-state index in [0.717, 1.165) is 25.8 Å². The van der Waals surface area contributed by atoms with Crippen molar-refractivity contribution < 1.29 is 19.4 Å². The molecule has 1 aromatic rings. The van der Waals surface area contributed by atoms with Crippen LogP contribution in [0.1, 0.15) is 50.6 Å². The number of urea groups is 1. The van der Waals surface area contributed by atoms with E-state index in [1.807, 2.05) is 11.8 Å². The summed E-state index contributed by atoms with van der Waals surface area (Å²) < 4.78 is 5.38. The normalized spacial score (nSPS) is 21.1. The lowest BCUT2D eigenvalue weighted by Gasteiger charge is -2.32. The van der Waals surface area contributed by atoms with Gasteiger partial charge in [0, 0.05) is 37.6 Å². The van der Waals surface area contributed by atoms with E-state index in [9.17, 15) is 14.7 Å². The van der Waals surface area contributed by atoms with Crippen LogP contribution < -0.4 is 15.4 Å². The number of nitrogens with one attached hydrogen (secondary N) is 2. The summed E-state index contributed by atoms with van der Waals surface area (Å²) in [5.41, 5.74) is 3.30. The number of carbonyl (C=O) groups excluding carboxylic acids is 1. The second kappa shape index (κ2) is 10.7. The predicted molar refractivity (Wildman–Crippen MR) is 124 cm³/mol. The first-order chi connectivity index (χ1) is 16.0. The minimum atomic E-state index is -0.945. The minimum Gasteiger partial charge on any atom is -0.481 e. The first-order valence-electron chi connectivity index (χ1n) is 11.8. The molecule has 2 amide bonds. The van der Waals surface area contributed by atoms with Crippen LogP contribution in [0.3, 0.4) is 0 Å². The molecule has 3 N–H and O–H groups in total. The van der Waals surface area contributed by atoms with Gasteiger partial charge in [0.05, 0.1) is 25.2 Å². The van der Waals surface area contributed by atoms with Crippen LogP contribution in [0, 0.1) is 0 Å². The van der Waals surface area contributed by atoms with Gasteiger partial charge >= 0.3 is 12.0 Å². The largest absolute Gasteiger partial charge is 0.481 e. The third-order valence-corrected chi connectivity index (χ3v) is 6.37. The van der Waals surface area contributed by atoms with Gasteiger partial charge in [0.2, 0.25) is 5.88 Å². The Kier molecular flexibility index (Phi) is 7.49. The monoisotopic (exact) mass is 455 g/mol. The Labute approximate surface area is 194 Å². The van der Waals surface area contributed by atoms with Crippen molar-refractivity contribution in [1.29, 1.82) is 0 Å². The number of amides is 2. The van der Waals surface area contributed by atoms with Crippen molar-refractivity contribution in [3.8, 4) is 5.88 Å². The van der Waals surface area contributed by atoms with Crippen molar-refractivity contribution in [2.45, 2.75) is 51.2 Å². The molecule has 3 aliphatic heterocycles. The summed E-state index contributed by atoms with van der Waals surface area (Å²) >= 11 is 0. The first kappa shape index (κ1) is 23.1. The summed E-state index contributed by atoms with van der Waals surface area (Å²) in [6, 6.07) is 2.85. The molecule has 2 unspecified atom stereocenters. The molecule has 0 aromatic carbocycles. The van der Waals surface area contributed by atoms with E-state index in [2.05, 4.69) is 27.8 Å². The van der Waals surface area contributed by atoms with E-state index in [0.29, 0.717) is 37.7 Å². The van der Waals surface area contributed by atoms with Crippen LogP contribution in [-0.4, -0.2) is 70.8 Å². The molecule has 0 bridgehead atoms. The summed E-state index contributed by atoms with van der Waals surface area (Å²) in [4.78, 5) is 32.4. The average molecular weight is 456 g/mol. The molecular weight excluding hydrogens is 422 g/mol. The fourth-order valence-corrected chi connectivity index (χ4v) is 4.69. The topological polar surface area (TPSA) is 107 Å². The molecule has 9 nitrogen and oxygen atoms in total.